The highest BCUT2D eigenvalue weighted by Crippen LogP contribution is 2.36. The molecule has 0 aliphatic heterocycles. The first-order valence-electron chi connectivity index (χ1n) is 6.56. The summed E-state index contributed by atoms with van der Waals surface area (Å²) in [5.74, 6) is 0.162. The van der Waals surface area contributed by atoms with E-state index >= 15 is 0 Å². The molecule has 2 N–H and O–H groups in total. The molecule has 0 fully saturated rings. The van der Waals surface area contributed by atoms with E-state index in [4.69, 9.17) is 0 Å². The molecule has 0 spiro atoms. The van der Waals surface area contributed by atoms with Crippen LogP contribution in [0.2, 0.25) is 0 Å². The summed E-state index contributed by atoms with van der Waals surface area (Å²) in [6, 6.07) is 5.73. The van der Waals surface area contributed by atoms with Crippen molar-refractivity contribution >= 4 is 42.8 Å². The van der Waals surface area contributed by atoms with E-state index in [0.29, 0.717) is 16.5 Å². The smallest absolute Gasteiger partial charge is 0.156 e. The number of nitrogens with one attached hydrogen (secondary N) is 1. The molecule has 0 saturated heterocycles. The van der Waals surface area contributed by atoms with Crippen molar-refractivity contribution in [2.24, 2.45) is 0 Å². The van der Waals surface area contributed by atoms with Crippen LogP contribution in [0, 0.1) is 0 Å². The van der Waals surface area contributed by atoms with E-state index in [-0.39, 0.29) is 5.75 Å². The number of phenols is 1. The Morgan fingerprint density at radius 1 is 1.29 bits per heavy atom. The second-order valence-corrected chi connectivity index (χ2v) is 6.19. The van der Waals surface area contributed by atoms with E-state index in [1.807, 2.05) is 50.3 Å². The van der Waals surface area contributed by atoms with Crippen LogP contribution in [0.1, 0.15) is 19.5 Å². The topological polar surface area (TPSA) is 45.1 Å². The van der Waals surface area contributed by atoms with E-state index < -0.39 is 0 Å². The van der Waals surface area contributed by atoms with E-state index in [1.165, 1.54) is 0 Å². The van der Waals surface area contributed by atoms with Gasteiger partial charge in [-0.3, -0.25) is 0 Å². The fourth-order valence-electron chi connectivity index (χ4n) is 1.97. The maximum absolute atomic E-state index is 10.1. The van der Waals surface area contributed by atoms with Gasteiger partial charge in [0.1, 0.15) is 5.52 Å². The zero-order valence-electron chi connectivity index (χ0n) is 11.8. The number of phenolic OH excluding ortho intramolecular Hbond substituents is 1. The molecule has 0 aliphatic carbocycles. The van der Waals surface area contributed by atoms with E-state index in [2.05, 4.69) is 42.2 Å². The highest BCUT2D eigenvalue weighted by Gasteiger charge is 2.10. The lowest BCUT2D eigenvalue weighted by atomic mass is 10.2. The van der Waals surface area contributed by atoms with Gasteiger partial charge in [-0.1, -0.05) is 28.1 Å². The summed E-state index contributed by atoms with van der Waals surface area (Å²) in [5, 5.41) is 14.3. The molecule has 5 heteroatoms. The first kappa shape index (κ1) is 16.0. The van der Waals surface area contributed by atoms with Gasteiger partial charge in [-0.05, 0) is 54.1 Å². The van der Waals surface area contributed by atoms with Crippen molar-refractivity contribution in [1.29, 1.82) is 0 Å². The van der Waals surface area contributed by atoms with Gasteiger partial charge in [0.25, 0.3) is 0 Å². The Balaban J connectivity index is 2.33. The molecule has 1 aromatic carbocycles. The van der Waals surface area contributed by atoms with E-state index in [0.717, 1.165) is 21.2 Å². The highest BCUT2D eigenvalue weighted by molar-refractivity contribution is 9.11. The Bertz CT molecular complexity index is 724. The van der Waals surface area contributed by atoms with Crippen LogP contribution in [0.5, 0.6) is 5.75 Å². The molecule has 0 atom stereocenters. The maximum Gasteiger partial charge on any atom is 0.156 e. The Kier molecular flexibility index (Phi) is 5.42. The van der Waals surface area contributed by atoms with Crippen molar-refractivity contribution in [2.75, 3.05) is 0 Å². The van der Waals surface area contributed by atoms with E-state index in [9.17, 15) is 5.11 Å². The predicted octanol–water partition coefficient (Wildman–Crippen LogP) is 5.03. The van der Waals surface area contributed by atoms with Gasteiger partial charge in [-0.2, -0.15) is 0 Å². The van der Waals surface area contributed by atoms with Gasteiger partial charge in [0.2, 0.25) is 0 Å². The van der Waals surface area contributed by atoms with Gasteiger partial charge in [0.15, 0.2) is 5.75 Å². The molecule has 21 heavy (non-hydrogen) atoms. The molecule has 1 aromatic heterocycles. The highest BCUT2D eigenvalue weighted by atomic mass is 79.9. The van der Waals surface area contributed by atoms with Gasteiger partial charge in [0, 0.05) is 15.6 Å². The number of aromatic hydroxyl groups is 1. The summed E-state index contributed by atoms with van der Waals surface area (Å²) >= 11 is 6.82. The minimum atomic E-state index is 0.162. The lowest BCUT2D eigenvalue weighted by molar-refractivity contribution is 0.477. The number of hydrogen-bond donors (Lipinski definition) is 2. The number of allylic oxidation sites excluding steroid dienone is 3. The summed E-state index contributed by atoms with van der Waals surface area (Å²) < 4.78 is 1.53. The van der Waals surface area contributed by atoms with Crippen molar-refractivity contribution in [1.82, 2.24) is 10.3 Å². The molecule has 0 bridgehead atoms. The normalized spacial score (nSPS) is 12.3. The number of pyridine rings is 1. The Morgan fingerprint density at radius 2 is 2.05 bits per heavy atom. The monoisotopic (exact) mass is 410 g/mol. The van der Waals surface area contributed by atoms with Crippen LogP contribution in [-0.2, 0) is 6.54 Å². The second kappa shape index (κ2) is 7.09. The van der Waals surface area contributed by atoms with Crippen molar-refractivity contribution < 1.29 is 5.11 Å². The largest absolute Gasteiger partial charge is 0.505 e. The maximum atomic E-state index is 10.1. The third kappa shape index (κ3) is 3.66. The van der Waals surface area contributed by atoms with E-state index in [1.54, 1.807) is 0 Å². The Morgan fingerprint density at radius 3 is 2.71 bits per heavy atom. The summed E-state index contributed by atoms with van der Waals surface area (Å²) in [6.45, 7) is 4.56. The SMILES string of the molecule is C/C=C\C(=C/C)NCc1ccc2c(Br)cc(Br)c(O)c2n1. The number of benzene rings is 1. The average molecular weight is 412 g/mol. The molecule has 0 aliphatic rings. The molecule has 1 heterocycles. The molecular formula is C16H16Br2N2O. The lowest BCUT2D eigenvalue weighted by Crippen LogP contribution is -2.12. The van der Waals surface area contributed by atoms with Crippen LogP contribution in [0.4, 0.5) is 0 Å². The fraction of sp³-hybridized carbons (Fsp3) is 0.188. The van der Waals surface area contributed by atoms with Gasteiger partial charge in [0.05, 0.1) is 16.7 Å². The molecule has 2 aromatic rings. The van der Waals surface area contributed by atoms with Crippen molar-refractivity contribution in [3.05, 3.63) is 56.8 Å². The number of halogens is 2. The van der Waals surface area contributed by atoms with Crippen LogP contribution in [0.3, 0.4) is 0 Å². The van der Waals surface area contributed by atoms with Crippen LogP contribution < -0.4 is 5.32 Å². The van der Waals surface area contributed by atoms with Gasteiger partial charge < -0.3 is 10.4 Å². The number of rotatable bonds is 4. The first-order valence-corrected chi connectivity index (χ1v) is 8.15. The summed E-state index contributed by atoms with van der Waals surface area (Å²) in [4.78, 5) is 4.54. The lowest BCUT2D eigenvalue weighted by Gasteiger charge is -2.10. The number of hydrogen-bond acceptors (Lipinski definition) is 3. The van der Waals surface area contributed by atoms with Gasteiger partial charge >= 0.3 is 0 Å². The van der Waals surface area contributed by atoms with Gasteiger partial charge in [-0.25, -0.2) is 4.98 Å². The van der Waals surface area contributed by atoms with Crippen molar-refractivity contribution in [3.63, 3.8) is 0 Å². The molecule has 2 rings (SSSR count). The predicted molar refractivity (Wildman–Crippen MR) is 94.2 cm³/mol. The summed E-state index contributed by atoms with van der Waals surface area (Å²) in [6.07, 6.45) is 5.99. The first-order chi connectivity index (χ1) is 10.1. The molecule has 0 amide bonds. The Hall–Kier alpha value is -1.33. The van der Waals surface area contributed by atoms with Crippen LogP contribution in [-0.4, -0.2) is 10.1 Å². The molecule has 3 nitrogen and oxygen atoms in total. The molecule has 0 unspecified atom stereocenters. The quantitative estimate of drug-likeness (QED) is 0.693. The number of nitrogens with zero attached hydrogens (tertiary/aromatic N) is 1. The second-order valence-electron chi connectivity index (χ2n) is 4.49. The zero-order chi connectivity index (χ0) is 15.4. The van der Waals surface area contributed by atoms with Crippen molar-refractivity contribution in [2.45, 2.75) is 20.4 Å². The Labute approximate surface area is 141 Å². The third-order valence-corrected chi connectivity index (χ3v) is 4.31. The zero-order valence-corrected chi connectivity index (χ0v) is 15.0. The molecule has 0 radical (unpaired) electrons. The number of fused-ring (bicyclic) bond motifs is 1. The minimum absolute atomic E-state index is 0.162. The minimum Gasteiger partial charge on any atom is -0.505 e. The third-order valence-electron chi connectivity index (χ3n) is 3.05. The molecular weight excluding hydrogens is 396 g/mol. The summed E-state index contributed by atoms with van der Waals surface area (Å²) in [7, 11) is 0. The fourth-order valence-corrected chi connectivity index (χ4v) is 3.24. The van der Waals surface area contributed by atoms with Crippen LogP contribution >= 0.6 is 31.9 Å². The number of aromatic nitrogens is 1. The van der Waals surface area contributed by atoms with Crippen LogP contribution in [0.25, 0.3) is 10.9 Å². The molecule has 110 valence electrons. The summed E-state index contributed by atoms with van der Waals surface area (Å²) in [5.41, 5.74) is 2.49. The molecule has 0 saturated carbocycles. The average Bonchev–Trinajstić information content (AvgIpc) is 2.49. The van der Waals surface area contributed by atoms with Crippen LogP contribution in [0.15, 0.2) is 51.1 Å². The van der Waals surface area contributed by atoms with Gasteiger partial charge in [-0.15, -0.1) is 0 Å². The standard InChI is InChI=1S/C16H16Br2N2O/c1-3-5-10(4-2)19-9-11-6-7-12-13(17)8-14(18)16(21)15(12)20-11/h3-8,19,21H,9H2,1-2H3/b5-3-,10-4+. The van der Waals surface area contributed by atoms with Crippen molar-refractivity contribution in [3.8, 4) is 5.75 Å².